The van der Waals surface area contributed by atoms with Gasteiger partial charge in [-0.1, -0.05) is 35.5 Å². The summed E-state index contributed by atoms with van der Waals surface area (Å²) in [5.41, 5.74) is 2.67. The Bertz CT molecular complexity index is 862. The lowest BCUT2D eigenvalue weighted by Gasteiger charge is -2.04. The molecule has 25 heavy (non-hydrogen) atoms. The Morgan fingerprint density at radius 1 is 1.20 bits per heavy atom. The number of nitrogens with zero attached hydrogens (tertiary/aromatic N) is 2. The van der Waals surface area contributed by atoms with Crippen molar-refractivity contribution < 1.29 is 13.9 Å². The van der Waals surface area contributed by atoms with Gasteiger partial charge in [-0.25, -0.2) is 0 Å². The third-order valence-corrected chi connectivity index (χ3v) is 4.20. The summed E-state index contributed by atoms with van der Waals surface area (Å²) in [5, 5.41) is 11.1. The third-order valence-electron chi connectivity index (χ3n) is 3.39. The molecule has 0 aliphatic heterocycles. The number of methoxy groups -OCH3 is 1. The van der Waals surface area contributed by atoms with E-state index in [9.17, 15) is 4.79 Å². The van der Waals surface area contributed by atoms with Gasteiger partial charge in [0.25, 0.3) is 5.22 Å². The lowest BCUT2D eigenvalue weighted by Crippen LogP contribution is -2.13. The summed E-state index contributed by atoms with van der Waals surface area (Å²) >= 11 is 1.19. The maximum Gasteiger partial charge on any atom is 0.277 e. The van der Waals surface area contributed by atoms with E-state index >= 15 is 0 Å². The Morgan fingerprint density at radius 3 is 2.76 bits per heavy atom. The highest BCUT2D eigenvalue weighted by Crippen LogP contribution is 2.25. The van der Waals surface area contributed by atoms with Crippen LogP contribution in [0.1, 0.15) is 5.56 Å². The second-order valence-electron chi connectivity index (χ2n) is 5.31. The fourth-order valence-corrected chi connectivity index (χ4v) is 2.67. The number of carbonyl (C=O) groups excluding carboxylic acids is 1. The molecule has 128 valence electrons. The van der Waals surface area contributed by atoms with Crippen LogP contribution in [-0.4, -0.2) is 29.0 Å². The Kier molecular flexibility index (Phi) is 5.35. The van der Waals surface area contributed by atoms with Crippen molar-refractivity contribution in [3.63, 3.8) is 0 Å². The molecule has 3 rings (SSSR count). The van der Waals surface area contributed by atoms with E-state index in [-0.39, 0.29) is 11.7 Å². The van der Waals surface area contributed by atoms with Gasteiger partial charge in [-0.3, -0.25) is 4.79 Å². The average molecular weight is 355 g/mol. The zero-order chi connectivity index (χ0) is 17.6. The highest BCUT2D eigenvalue weighted by Gasteiger charge is 2.12. The fraction of sp³-hybridized carbons (Fsp3) is 0.167. The van der Waals surface area contributed by atoms with Gasteiger partial charge < -0.3 is 14.5 Å². The molecule has 0 aliphatic rings. The molecule has 0 saturated carbocycles. The van der Waals surface area contributed by atoms with E-state index < -0.39 is 0 Å². The highest BCUT2D eigenvalue weighted by molar-refractivity contribution is 7.99. The summed E-state index contributed by atoms with van der Waals surface area (Å²) in [6.45, 7) is 2.00. The molecule has 3 aromatic rings. The maximum atomic E-state index is 12.0. The minimum Gasteiger partial charge on any atom is -0.497 e. The first-order valence-corrected chi connectivity index (χ1v) is 8.60. The number of ether oxygens (including phenoxy) is 1. The normalized spacial score (nSPS) is 10.5. The molecule has 6 nitrogen and oxygen atoms in total. The topological polar surface area (TPSA) is 77.2 Å². The van der Waals surface area contributed by atoms with Crippen LogP contribution in [-0.2, 0) is 4.79 Å². The van der Waals surface area contributed by atoms with E-state index in [2.05, 4.69) is 15.5 Å². The van der Waals surface area contributed by atoms with Crippen LogP contribution in [0.5, 0.6) is 5.75 Å². The predicted octanol–water partition coefficient (Wildman–Crippen LogP) is 3.78. The van der Waals surface area contributed by atoms with E-state index in [4.69, 9.17) is 9.15 Å². The molecule has 1 aromatic heterocycles. The van der Waals surface area contributed by atoms with Crippen LogP contribution < -0.4 is 10.1 Å². The van der Waals surface area contributed by atoms with Crippen molar-refractivity contribution in [2.75, 3.05) is 18.2 Å². The molecular weight excluding hydrogens is 338 g/mol. The molecule has 1 N–H and O–H groups in total. The first kappa shape index (κ1) is 17.0. The summed E-state index contributed by atoms with van der Waals surface area (Å²) in [4.78, 5) is 12.0. The maximum absolute atomic E-state index is 12.0. The second-order valence-corrected chi connectivity index (χ2v) is 6.23. The van der Waals surface area contributed by atoms with Gasteiger partial charge in [0.05, 0.1) is 12.9 Å². The zero-order valence-electron chi connectivity index (χ0n) is 13.9. The van der Waals surface area contributed by atoms with E-state index in [1.165, 1.54) is 11.8 Å². The van der Waals surface area contributed by atoms with Gasteiger partial charge >= 0.3 is 0 Å². The number of aromatic nitrogens is 2. The van der Waals surface area contributed by atoms with Crippen molar-refractivity contribution in [3.05, 3.63) is 54.1 Å². The fourth-order valence-electron chi connectivity index (χ4n) is 2.10. The summed E-state index contributed by atoms with van der Waals surface area (Å²) < 4.78 is 10.8. The predicted molar refractivity (Wildman–Crippen MR) is 96.8 cm³/mol. The Balaban J connectivity index is 1.57. The van der Waals surface area contributed by atoms with Crippen molar-refractivity contribution in [2.24, 2.45) is 0 Å². The molecule has 0 aliphatic carbocycles. The minimum absolute atomic E-state index is 0.130. The number of aryl methyl sites for hydroxylation is 1. The number of amides is 1. The third kappa shape index (κ3) is 4.60. The molecule has 2 aromatic carbocycles. The summed E-state index contributed by atoms with van der Waals surface area (Å²) in [5.74, 6) is 1.16. The van der Waals surface area contributed by atoms with Gasteiger partial charge in [-0.15, -0.1) is 10.2 Å². The number of nitrogens with one attached hydrogen (secondary N) is 1. The van der Waals surface area contributed by atoms with Crippen molar-refractivity contribution >= 4 is 23.4 Å². The van der Waals surface area contributed by atoms with Crippen LogP contribution in [0.2, 0.25) is 0 Å². The average Bonchev–Trinajstić information content (AvgIpc) is 3.11. The largest absolute Gasteiger partial charge is 0.497 e. The quantitative estimate of drug-likeness (QED) is 0.678. The van der Waals surface area contributed by atoms with Crippen molar-refractivity contribution in [3.8, 4) is 17.2 Å². The lowest BCUT2D eigenvalue weighted by atomic mass is 10.2. The van der Waals surface area contributed by atoms with Crippen LogP contribution in [0.15, 0.2) is 58.2 Å². The Morgan fingerprint density at radius 2 is 2.00 bits per heavy atom. The number of anilines is 1. The van der Waals surface area contributed by atoms with E-state index in [1.54, 1.807) is 7.11 Å². The van der Waals surface area contributed by atoms with Gasteiger partial charge in [0, 0.05) is 11.3 Å². The van der Waals surface area contributed by atoms with E-state index in [0.29, 0.717) is 16.9 Å². The van der Waals surface area contributed by atoms with Crippen molar-refractivity contribution in [2.45, 2.75) is 12.1 Å². The van der Waals surface area contributed by atoms with E-state index in [1.807, 2.05) is 55.5 Å². The SMILES string of the molecule is COc1cccc(-c2nnc(SCC(=O)Nc3ccc(C)cc3)o2)c1. The van der Waals surface area contributed by atoms with E-state index in [0.717, 1.165) is 16.8 Å². The highest BCUT2D eigenvalue weighted by atomic mass is 32.2. The molecule has 0 spiro atoms. The molecule has 0 radical (unpaired) electrons. The summed E-state index contributed by atoms with van der Waals surface area (Å²) in [6, 6.07) is 15.0. The smallest absolute Gasteiger partial charge is 0.277 e. The molecule has 7 heteroatoms. The molecule has 0 bridgehead atoms. The van der Waals surface area contributed by atoms with Crippen molar-refractivity contribution in [1.29, 1.82) is 0 Å². The first-order valence-electron chi connectivity index (χ1n) is 7.61. The number of thioether (sulfide) groups is 1. The monoisotopic (exact) mass is 355 g/mol. The van der Waals surface area contributed by atoms with Gasteiger partial charge in [0.1, 0.15) is 5.75 Å². The molecule has 1 amide bonds. The van der Waals surface area contributed by atoms with Crippen molar-refractivity contribution in [1.82, 2.24) is 10.2 Å². The van der Waals surface area contributed by atoms with Gasteiger partial charge in [-0.05, 0) is 37.3 Å². The van der Waals surface area contributed by atoms with Crippen LogP contribution in [0, 0.1) is 6.92 Å². The molecule has 0 atom stereocenters. The Labute approximate surface area is 149 Å². The standard InChI is InChI=1S/C18H17N3O3S/c1-12-6-8-14(9-7-12)19-16(22)11-25-18-21-20-17(24-18)13-4-3-5-15(10-13)23-2/h3-10H,11H2,1-2H3,(H,19,22). The van der Waals surface area contributed by atoms with Crippen LogP contribution >= 0.6 is 11.8 Å². The zero-order valence-corrected chi connectivity index (χ0v) is 14.7. The summed E-state index contributed by atoms with van der Waals surface area (Å²) in [6.07, 6.45) is 0. The van der Waals surface area contributed by atoms with Crippen LogP contribution in [0.25, 0.3) is 11.5 Å². The molecule has 0 saturated heterocycles. The molecule has 0 fully saturated rings. The van der Waals surface area contributed by atoms with Gasteiger partial charge in [-0.2, -0.15) is 0 Å². The van der Waals surface area contributed by atoms with Crippen LogP contribution in [0.4, 0.5) is 5.69 Å². The number of hydrogen-bond donors (Lipinski definition) is 1. The molecule has 1 heterocycles. The number of rotatable bonds is 6. The second kappa shape index (κ2) is 7.85. The number of benzene rings is 2. The minimum atomic E-state index is -0.130. The lowest BCUT2D eigenvalue weighted by molar-refractivity contribution is -0.113. The number of hydrogen-bond acceptors (Lipinski definition) is 6. The Hall–Kier alpha value is -2.80. The van der Waals surface area contributed by atoms with Crippen LogP contribution in [0.3, 0.4) is 0 Å². The summed E-state index contributed by atoms with van der Waals surface area (Å²) in [7, 11) is 1.60. The van der Waals surface area contributed by atoms with Gasteiger partial charge in [0.2, 0.25) is 11.8 Å². The van der Waals surface area contributed by atoms with Gasteiger partial charge in [0.15, 0.2) is 0 Å². The number of carbonyl (C=O) groups is 1. The first-order chi connectivity index (χ1) is 12.1. The molecular formula is C18H17N3O3S. The molecule has 0 unspecified atom stereocenters.